The van der Waals surface area contributed by atoms with Crippen LogP contribution in [0.4, 0.5) is 23.7 Å². The van der Waals surface area contributed by atoms with Crippen molar-refractivity contribution in [3.8, 4) is 28.5 Å². The number of aromatic nitrogens is 1. The summed E-state index contributed by atoms with van der Waals surface area (Å²) in [6.45, 7) is 1.18. The first-order valence-corrected chi connectivity index (χ1v) is 11.5. The number of rotatable bonds is 7. The Morgan fingerprint density at radius 1 is 1.17 bits per heavy atom. The first kappa shape index (κ1) is 24.5. The average Bonchev–Trinajstić information content (AvgIpc) is 3.43. The molecular weight excluding hydrogens is 485 g/mol. The van der Waals surface area contributed by atoms with Crippen LogP contribution in [0.1, 0.15) is 6.42 Å². The minimum absolute atomic E-state index is 0.169. The number of thiazole rings is 1. The van der Waals surface area contributed by atoms with E-state index in [0.717, 1.165) is 11.3 Å². The topological polar surface area (TPSA) is 77.3 Å². The summed E-state index contributed by atoms with van der Waals surface area (Å²) in [5.74, 6) is 1.01. The molecule has 0 saturated heterocycles. The fraction of sp³-hybridized carbons (Fsp3) is 0.304. The molecule has 3 aromatic rings. The smallest absolute Gasteiger partial charge is 0.454 e. The summed E-state index contributed by atoms with van der Waals surface area (Å²) in [5.41, 5.74) is 2.27. The van der Waals surface area contributed by atoms with E-state index in [9.17, 15) is 18.0 Å². The van der Waals surface area contributed by atoms with Gasteiger partial charge < -0.3 is 29.0 Å². The molecule has 1 aromatic heterocycles. The number of urea groups is 1. The van der Waals surface area contributed by atoms with Crippen LogP contribution in [-0.4, -0.2) is 49.3 Å². The van der Waals surface area contributed by atoms with Gasteiger partial charge in [-0.25, -0.2) is 9.79 Å². The highest BCUT2D eigenvalue weighted by atomic mass is 32.1. The maximum Gasteiger partial charge on any atom is 0.573 e. The van der Waals surface area contributed by atoms with E-state index in [1.165, 1.54) is 40.5 Å². The van der Waals surface area contributed by atoms with E-state index in [-0.39, 0.29) is 18.6 Å². The summed E-state index contributed by atoms with van der Waals surface area (Å²) < 4.78 is 54.1. The molecule has 0 saturated carbocycles. The molecule has 4 rings (SSSR count). The molecule has 0 aliphatic carbocycles. The number of carbonyl (C=O) groups is 1. The number of ether oxygens (including phenoxy) is 3. The van der Waals surface area contributed by atoms with Gasteiger partial charge in [-0.15, -0.1) is 24.5 Å². The van der Waals surface area contributed by atoms with E-state index in [1.54, 1.807) is 14.1 Å². The van der Waals surface area contributed by atoms with Crippen molar-refractivity contribution in [1.82, 2.24) is 14.8 Å². The Kier molecular flexibility index (Phi) is 7.20. The van der Waals surface area contributed by atoms with Crippen LogP contribution in [0.3, 0.4) is 0 Å². The van der Waals surface area contributed by atoms with Crippen LogP contribution in [0, 0.1) is 0 Å². The number of nitrogens with one attached hydrogen (secondary N) is 1. The molecule has 2 aromatic carbocycles. The van der Waals surface area contributed by atoms with Gasteiger partial charge in [-0.3, -0.25) is 0 Å². The number of carbonyl (C=O) groups excluding carboxylic acids is 1. The second kappa shape index (κ2) is 10.3. The van der Waals surface area contributed by atoms with Gasteiger partial charge in [-0.05, 0) is 48.9 Å². The lowest BCUT2D eigenvalue weighted by atomic mass is 10.1. The van der Waals surface area contributed by atoms with Crippen molar-refractivity contribution >= 4 is 23.1 Å². The Labute approximate surface area is 203 Å². The van der Waals surface area contributed by atoms with Gasteiger partial charge in [0.1, 0.15) is 5.75 Å². The van der Waals surface area contributed by atoms with Gasteiger partial charge in [-0.2, -0.15) is 0 Å². The summed E-state index contributed by atoms with van der Waals surface area (Å²) in [6.07, 6.45) is -4.11. The fourth-order valence-corrected chi connectivity index (χ4v) is 4.30. The number of halogens is 3. The minimum Gasteiger partial charge on any atom is -0.454 e. The van der Waals surface area contributed by atoms with Gasteiger partial charge in [0.25, 0.3) is 0 Å². The van der Waals surface area contributed by atoms with Crippen LogP contribution >= 0.6 is 11.3 Å². The first-order chi connectivity index (χ1) is 16.7. The molecular formula is C23H23F3N4O4S. The Balaban J connectivity index is 1.61. The lowest BCUT2D eigenvalue weighted by Crippen LogP contribution is -2.35. The van der Waals surface area contributed by atoms with Gasteiger partial charge in [0.15, 0.2) is 16.3 Å². The quantitative estimate of drug-likeness (QED) is 0.468. The van der Waals surface area contributed by atoms with Gasteiger partial charge in [0.05, 0.1) is 11.4 Å². The van der Waals surface area contributed by atoms with Crippen LogP contribution in [0.2, 0.25) is 0 Å². The number of fused-ring (bicyclic) bond motifs is 1. The maximum atomic E-state index is 12.4. The molecule has 0 spiro atoms. The molecule has 0 fully saturated rings. The second-order valence-electron chi connectivity index (χ2n) is 7.76. The summed E-state index contributed by atoms with van der Waals surface area (Å²) in [5, 5.41) is 4.79. The fourth-order valence-electron chi connectivity index (χ4n) is 3.34. The van der Waals surface area contributed by atoms with E-state index < -0.39 is 6.36 Å². The molecule has 186 valence electrons. The van der Waals surface area contributed by atoms with Crippen LogP contribution in [0.25, 0.3) is 11.3 Å². The van der Waals surface area contributed by atoms with Crippen LogP contribution in [0.15, 0.2) is 52.8 Å². The van der Waals surface area contributed by atoms with E-state index >= 15 is 0 Å². The van der Waals surface area contributed by atoms with Crippen LogP contribution in [0.5, 0.6) is 17.2 Å². The predicted octanol–water partition coefficient (Wildman–Crippen LogP) is 4.74. The number of nitrogens with zero attached hydrogens (tertiary/aromatic N) is 3. The second-order valence-corrected chi connectivity index (χ2v) is 8.59. The Morgan fingerprint density at radius 2 is 1.91 bits per heavy atom. The normalized spacial score (nSPS) is 13.1. The SMILES string of the molecule is CN(C)C(=O)NCCCn1c(-c2ccc3c(c2)OCO3)cs/c1=N\c1ccc(OC(F)(F)F)cc1. The van der Waals surface area contributed by atoms with E-state index in [1.807, 2.05) is 28.1 Å². The third kappa shape index (κ3) is 6.27. The molecule has 0 bridgehead atoms. The third-order valence-corrected chi connectivity index (χ3v) is 5.87. The zero-order chi connectivity index (χ0) is 25.0. The zero-order valence-electron chi connectivity index (χ0n) is 19.0. The highest BCUT2D eigenvalue weighted by molar-refractivity contribution is 7.07. The number of benzene rings is 2. The van der Waals surface area contributed by atoms with Gasteiger partial charge in [0, 0.05) is 38.1 Å². The summed E-state index contributed by atoms with van der Waals surface area (Å²) in [6, 6.07) is 10.8. The van der Waals surface area contributed by atoms with Crippen LogP contribution in [-0.2, 0) is 6.54 Å². The predicted molar refractivity (Wildman–Crippen MR) is 124 cm³/mol. The van der Waals surface area contributed by atoms with Gasteiger partial charge >= 0.3 is 12.4 Å². The molecule has 8 nitrogen and oxygen atoms in total. The Bertz CT molecular complexity index is 1250. The van der Waals surface area contributed by atoms with Gasteiger partial charge in [0.2, 0.25) is 6.79 Å². The van der Waals surface area contributed by atoms with Crippen molar-refractivity contribution in [3.63, 3.8) is 0 Å². The van der Waals surface area contributed by atoms with Gasteiger partial charge in [-0.1, -0.05) is 0 Å². The van der Waals surface area contributed by atoms with Crippen molar-refractivity contribution in [2.75, 3.05) is 27.4 Å². The Morgan fingerprint density at radius 3 is 2.63 bits per heavy atom. The van der Waals surface area contributed by atoms with Crippen molar-refractivity contribution in [2.24, 2.45) is 4.99 Å². The zero-order valence-corrected chi connectivity index (χ0v) is 19.8. The number of amides is 2. The molecule has 1 aliphatic heterocycles. The van der Waals surface area contributed by atoms with E-state index in [0.29, 0.717) is 41.5 Å². The molecule has 0 radical (unpaired) electrons. The lowest BCUT2D eigenvalue weighted by Gasteiger charge is -2.13. The highest BCUT2D eigenvalue weighted by Gasteiger charge is 2.31. The number of hydrogen-bond donors (Lipinski definition) is 1. The third-order valence-electron chi connectivity index (χ3n) is 5.00. The molecule has 0 unspecified atom stereocenters. The summed E-state index contributed by atoms with van der Waals surface area (Å²) in [7, 11) is 3.34. The lowest BCUT2D eigenvalue weighted by molar-refractivity contribution is -0.274. The van der Waals surface area contributed by atoms with Crippen molar-refractivity contribution in [3.05, 3.63) is 52.6 Å². The Hall–Kier alpha value is -3.67. The van der Waals surface area contributed by atoms with Crippen molar-refractivity contribution in [2.45, 2.75) is 19.3 Å². The summed E-state index contributed by atoms with van der Waals surface area (Å²) >= 11 is 1.40. The largest absolute Gasteiger partial charge is 0.573 e. The highest BCUT2D eigenvalue weighted by Crippen LogP contribution is 2.36. The monoisotopic (exact) mass is 508 g/mol. The number of hydrogen-bond acceptors (Lipinski definition) is 6. The standard InChI is InChI=1S/C23H23F3N4O4S/c1-29(2)21(31)27-10-3-11-30-18(15-4-9-19-20(12-15)33-14-32-19)13-35-22(30)28-16-5-7-17(8-6-16)34-23(24,25)26/h4-9,12-13H,3,10-11,14H2,1-2H3,(H,27,31)/b28-22-. The molecule has 1 N–H and O–H groups in total. The average molecular weight is 509 g/mol. The van der Waals surface area contributed by atoms with Crippen molar-refractivity contribution < 1.29 is 32.2 Å². The minimum atomic E-state index is -4.75. The first-order valence-electron chi connectivity index (χ1n) is 10.6. The maximum absolute atomic E-state index is 12.4. The molecule has 0 atom stereocenters. The summed E-state index contributed by atoms with van der Waals surface area (Å²) in [4.78, 5) is 18.6. The molecule has 12 heteroatoms. The van der Waals surface area contributed by atoms with E-state index in [2.05, 4.69) is 15.0 Å². The molecule has 1 aliphatic rings. The molecule has 2 heterocycles. The molecule has 2 amide bonds. The van der Waals surface area contributed by atoms with E-state index in [4.69, 9.17) is 9.47 Å². The molecule has 35 heavy (non-hydrogen) atoms. The number of alkyl halides is 3. The van der Waals surface area contributed by atoms with Crippen LogP contribution < -0.4 is 24.3 Å². The van der Waals surface area contributed by atoms with Crippen molar-refractivity contribution in [1.29, 1.82) is 0 Å².